The molecule has 0 aliphatic rings. The molecule has 0 aromatic rings. The molecule has 9 nitrogen and oxygen atoms in total. The molecule has 0 unspecified atom stereocenters. The summed E-state index contributed by atoms with van der Waals surface area (Å²) in [5.41, 5.74) is 0. The van der Waals surface area contributed by atoms with Gasteiger partial charge in [0.25, 0.3) is 0 Å². The van der Waals surface area contributed by atoms with E-state index in [-0.39, 0.29) is 46.0 Å². The van der Waals surface area contributed by atoms with Crippen LogP contribution in [0, 0.1) is 0 Å². The van der Waals surface area contributed by atoms with Crippen LogP contribution in [0.15, 0.2) is 0 Å². The standard InChI is InChI=1S/Bi.Ga.GeO.2H3O4P/c;;1-2;2*1-5(2,3)4/h;;;2*(H3,1,2,3,4)/q2*+3;;;/p-6. The molecule has 0 aromatic carbocycles. The first-order valence-corrected chi connectivity index (χ1v) is 5.44. The zero-order chi connectivity index (χ0) is 11.0. The Labute approximate surface area is 119 Å². The Morgan fingerprint density at radius 3 is 0.714 bits per heavy atom. The number of hydrogen-bond acceptors (Lipinski definition) is 9. The first-order valence-electron chi connectivity index (χ1n) is 1.66. The Kier molecular flexibility index (Phi) is 32.1. The molecule has 0 atom stereocenters. The summed E-state index contributed by atoms with van der Waals surface area (Å²) in [5, 5.41) is 0. The number of hydrogen-bond donors (Lipinski definition) is 0. The molecule has 4 radical (unpaired) electrons. The SMILES string of the molecule is O=P([O-])([O-])[O-].O=P([O-])([O-])[O-].[Bi+3].[Ga+3].[O]=[Ge]. The fourth-order valence-electron chi connectivity index (χ4n) is 0. The summed E-state index contributed by atoms with van der Waals surface area (Å²) in [6, 6.07) is 0. The van der Waals surface area contributed by atoms with Crippen LogP contribution in [-0.2, 0) is 12.9 Å². The van der Waals surface area contributed by atoms with E-state index in [1.54, 1.807) is 0 Å². The summed E-state index contributed by atoms with van der Waals surface area (Å²) in [5.74, 6) is 0. The quantitative estimate of drug-likeness (QED) is 0.206. The van der Waals surface area contributed by atoms with Gasteiger partial charge in [-0.25, -0.2) is 0 Å². The molecule has 0 aromatic heterocycles. The molecule has 0 aliphatic carbocycles. The van der Waals surface area contributed by atoms with Crippen LogP contribution < -0.4 is 29.4 Å². The average Bonchev–Trinajstić information content (AvgIpc) is 1.59. The molecule has 0 aliphatic heterocycles. The molecular formula is BiGaGeO9P2. The Morgan fingerprint density at radius 1 is 0.714 bits per heavy atom. The molecule has 0 heterocycles. The van der Waals surface area contributed by atoms with Crippen molar-refractivity contribution < 1.29 is 42.3 Å². The Morgan fingerprint density at radius 2 is 0.714 bits per heavy atom. The fourth-order valence-corrected chi connectivity index (χ4v) is 0. The van der Waals surface area contributed by atoms with E-state index >= 15 is 0 Å². The van der Waals surface area contributed by atoms with Gasteiger partial charge in [-0.05, 0) is 0 Å². The fraction of sp³-hybridized carbons (Fsp3) is 0. The third kappa shape index (κ3) is 556. The van der Waals surface area contributed by atoms with Crippen molar-refractivity contribution in [3.05, 3.63) is 0 Å². The van der Waals surface area contributed by atoms with Crippen molar-refractivity contribution in [3.63, 3.8) is 0 Å². The third-order valence-electron chi connectivity index (χ3n) is 0. The third-order valence-corrected chi connectivity index (χ3v) is 0. The van der Waals surface area contributed by atoms with Crippen molar-refractivity contribution in [1.82, 2.24) is 0 Å². The summed E-state index contributed by atoms with van der Waals surface area (Å²) in [4.78, 5) is 51.3. The van der Waals surface area contributed by atoms with Crippen LogP contribution in [0.25, 0.3) is 0 Å². The van der Waals surface area contributed by atoms with E-state index in [0.29, 0.717) is 0 Å². The van der Waals surface area contributed by atoms with Gasteiger partial charge in [0.2, 0.25) is 0 Å². The van der Waals surface area contributed by atoms with E-state index in [0.717, 1.165) is 16.5 Å². The van der Waals surface area contributed by atoms with Gasteiger partial charge in [-0.3, -0.25) is 0 Å². The van der Waals surface area contributed by atoms with Crippen molar-refractivity contribution in [1.29, 1.82) is 0 Å². The van der Waals surface area contributed by atoms with Crippen LogP contribution in [0.3, 0.4) is 0 Å². The van der Waals surface area contributed by atoms with Gasteiger partial charge in [-0.2, -0.15) is 15.6 Å². The average molecular weight is 557 g/mol. The molecular weight excluding hydrogens is 557 g/mol. The van der Waals surface area contributed by atoms with Crippen molar-refractivity contribution >= 4 is 78.1 Å². The maximum atomic E-state index is 8.55. The molecule has 0 rings (SSSR count). The first-order chi connectivity index (χ1) is 5.00. The summed E-state index contributed by atoms with van der Waals surface area (Å²) < 4.78 is 25.3. The van der Waals surface area contributed by atoms with E-state index < -0.39 is 15.6 Å². The Balaban J connectivity index is -0.0000000292. The van der Waals surface area contributed by atoms with Gasteiger partial charge in [0.05, 0.1) is 0 Å². The van der Waals surface area contributed by atoms with Crippen molar-refractivity contribution in [2.75, 3.05) is 0 Å². The minimum absolute atomic E-state index is 0. The number of phosphoric acid groups is 2. The van der Waals surface area contributed by atoms with Gasteiger partial charge >= 0.3 is 66.2 Å². The van der Waals surface area contributed by atoms with E-state index in [1.807, 2.05) is 0 Å². The van der Waals surface area contributed by atoms with Crippen LogP contribution in [0.4, 0.5) is 0 Å². The van der Waals surface area contributed by atoms with Gasteiger partial charge in [0.1, 0.15) is 0 Å². The number of rotatable bonds is 0. The predicted octanol–water partition coefficient (Wildman–Crippen LogP) is -6.91. The molecule has 0 amide bonds. The van der Waals surface area contributed by atoms with Gasteiger partial charge in [0.15, 0.2) is 0 Å². The first kappa shape index (κ1) is 29.8. The van der Waals surface area contributed by atoms with Crippen LogP contribution in [0.2, 0.25) is 0 Å². The Hall–Kier alpha value is 2.08. The van der Waals surface area contributed by atoms with Crippen molar-refractivity contribution in [2.45, 2.75) is 0 Å². The van der Waals surface area contributed by atoms with Gasteiger partial charge in [-0.1, -0.05) is 0 Å². The van der Waals surface area contributed by atoms with Gasteiger partial charge in [0, 0.05) is 0 Å². The second kappa shape index (κ2) is 15.1. The van der Waals surface area contributed by atoms with Crippen LogP contribution >= 0.6 is 15.6 Å². The Bertz CT molecular complexity index is 147. The second-order valence-electron chi connectivity index (χ2n) is 0.894. The van der Waals surface area contributed by atoms with Crippen molar-refractivity contribution in [3.8, 4) is 0 Å². The topological polar surface area (TPSA) is 190 Å². The molecule has 0 N–H and O–H groups in total. The molecule has 14 heavy (non-hydrogen) atoms. The van der Waals surface area contributed by atoms with Crippen LogP contribution in [0.5, 0.6) is 0 Å². The molecule has 0 bridgehead atoms. The van der Waals surface area contributed by atoms with Gasteiger partial charge in [-0.15, -0.1) is 0 Å². The molecule has 76 valence electrons. The summed E-state index contributed by atoms with van der Waals surface area (Å²) in [7, 11) is -10.8. The van der Waals surface area contributed by atoms with E-state index in [2.05, 4.69) is 0 Å². The minimum atomic E-state index is -5.39. The monoisotopic (exact) mass is 558 g/mol. The maximum absolute atomic E-state index is 8.55. The molecule has 14 heteroatoms. The van der Waals surface area contributed by atoms with E-state index in [9.17, 15) is 0 Å². The van der Waals surface area contributed by atoms with Crippen molar-refractivity contribution in [2.24, 2.45) is 0 Å². The molecule has 0 fully saturated rings. The van der Waals surface area contributed by atoms with Crippen LogP contribution in [0.1, 0.15) is 0 Å². The second-order valence-corrected chi connectivity index (χ2v) is 2.68. The zero-order valence-corrected chi connectivity index (χ0v) is 15.9. The summed E-state index contributed by atoms with van der Waals surface area (Å²) in [6.07, 6.45) is 0. The summed E-state index contributed by atoms with van der Waals surface area (Å²) in [6.45, 7) is 0. The van der Waals surface area contributed by atoms with E-state index in [4.69, 9.17) is 42.3 Å². The molecule has 0 spiro atoms. The van der Waals surface area contributed by atoms with E-state index in [1.165, 1.54) is 0 Å². The summed E-state index contributed by atoms with van der Waals surface area (Å²) >= 11 is 0.750. The van der Waals surface area contributed by atoms with Gasteiger partial charge < -0.3 is 38.5 Å². The molecule has 0 saturated carbocycles. The predicted molar refractivity (Wildman–Crippen MR) is 33.2 cm³/mol. The zero-order valence-electron chi connectivity index (χ0n) is 6.09. The molecule has 0 saturated heterocycles. The normalized spacial score (nSPS) is 8.71. The van der Waals surface area contributed by atoms with Crippen LogP contribution in [-0.4, -0.2) is 62.4 Å².